The lowest BCUT2D eigenvalue weighted by atomic mass is 10.1. The fourth-order valence-electron chi connectivity index (χ4n) is 1.54. The molecule has 0 atom stereocenters. The van der Waals surface area contributed by atoms with Gasteiger partial charge >= 0.3 is 12.1 Å². The standard InChI is InChI=1S/C13H14F3NO2/c1-2-3-4-7-17-9-5-6-11(13(14,15)16)10(8-9)12(18)19/h2-3,5-6,8,17H,4,7H2,1H3,(H,18,19)/b3-2+. The number of carbonyl (C=O) groups is 1. The molecule has 0 amide bonds. The van der Waals surface area contributed by atoms with E-state index >= 15 is 0 Å². The molecule has 0 aliphatic rings. The number of aromatic carboxylic acids is 1. The van der Waals surface area contributed by atoms with Gasteiger partial charge < -0.3 is 10.4 Å². The lowest BCUT2D eigenvalue weighted by Crippen LogP contribution is -2.13. The van der Waals surface area contributed by atoms with Gasteiger partial charge in [-0.05, 0) is 31.5 Å². The van der Waals surface area contributed by atoms with Crippen molar-refractivity contribution in [3.05, 3.63) is 41.5 Å². The highest BCUT2D eigenvalue weighted by Gasteiger charge is 2.35. The van der Waals surface area contributed by atoms with Crippen molar-refractivity contribution in [2.45, 2.75) is 19.5 Å². The number of halogens is 3. The number of nitrogens with one attached hydrogen (secondary N) is 1. The van der Waals surface area contributed by atoms with Crippen molar-refractivity contribution in [2.24, 2.45) is 0 Å². The molecule has 0 saturated heterocycles. The molecule has 1 aromatic rings. The van der Waals surface area contributed by atoms with Gasteiger partial charge in [0.1, 0.15) is 0 Å². The Hall–Kier alpha value is -1.98. The normalized spacial score (nSPS) is 11.8. The van der Waals surface area contributed by atoms with Gasteiger partial charge in [0.2, 0.25) is 0 Å². The first-order chi connectivity index (χ1) is 8.86. The van der Waals surface area contributed by atoms with Gasteiger partial charge in [-0.3, -0.25) is 0 Å². The minimum absolute atomic E-state index is 0.356. The zero-order valence-electron chi connectivity index (χ0n) is 10.3. The van der Waals surface area contributed by atoms with E-state index in [-0.39, 0.29) is 0 Å². The van der Waals surface area contributed by atoms with E-state index in [2.05, 4.69) is 5.32 Å². The van der Waals surface area contributed by atoms with Crippen molar-refractivity contribution in [1.82, 2.24) is 0 Å². The Balaban J connectivity index is 2.94. The molecule has 0 heterocycles. The van der Waals surface area contributed by atoms with Crippen molar-refractivity contribution in [3.8, 4) is 0 Å². The Morgan fingerprint density at radius 2 is 2.11 bits per heavy atom. The van der Waals surface area contributed by atoms with Gasteiger partial charge in [0.05, 0.1) is 11.1 Å². The topological polar surface area (TPSA) is 49.3 Å². The first-order valence-corrected chi connectivity index (χ1v) is 5.66. The maximum Gasteiger partial charge on any atom is 0.417 e. The monoisotopic (exact) mass is 273 g/mol. The smallest absolute Gasteiger partial charge is 0.417 e. The zero-order valence-corrected chi connectivity index (χ0v) is 10.3. The average molecular weight is 273 g/mol. The summed E-state index contributed by atoms with van der Waals surface area (Å²) in [7, 11) is 0. The third-order valence-electron chi connectivity index (χ3n) is 2.43. The summed E-state index contributed by atoms with van der Waals surface area (Å²) in [5.74, 6) is -1.59. The number of anilines is 1. The van der Waals surface area contributed by atoms with Crippen LogP contribution in [0.5, 0.6) is 0 Å². The van der Waals surface area contributed by atoms with Crippen LogP contribution >= 0.6 is 0 Å². The molecule has 1 rings (SSSR count). The summed E-state index contributed by atoms with van der Waals surface area (Å²) in [6.07, 6.45) is -0.205. The van der Waals surface area contributed by atoms with Gasteiger partial charge in [-0.1, -0.05) is 12.2 Å². The molecule has 0 unspecified atom stereocenters. The van der Waals surface area contributed by atoms with E-state index in [1.54, 1.807) is 0 Å². The molecule has 2 N–H and O–H groups in total. The molecule has 0 radical (unpaired) electrons. The number of carboxylic acid groups (broad SMARTS) is 1. The average Bonchev–Trinajstić information content (AvgIpc) is 2.33. The van der Waals surface area contributed by atoms with Gasteiger partial charge in [0.25, 0.3) is 0 Å². The van der Waals surface area contributed by atoms with E-state index in [4.69, 9.17) is 5.11 Å². The maximum atomic E-state index is 12.6. The van der Waals surface area contributed by atoms with Crippen LogP contribution in [0.3, 0.4) is 0 Å². The lowest BCUT2D eigenvalue weighted by Gasteiger charge is -2.12. The van der Waals surface area contributed by atoms with Crippen LogP contribution in [-0.2, 0) is 6.18 Å². The first-order valence-electron chi connectivity index (χ1n) is 5.66. The van der Waals surface area contributed by atoms with Crippen LogP contribution in [0.25, 0.3) is 0 Å². The highest BCUT2D eigenvalue weighted by atomic mass is 19.4. The molecule has 1 aromatic carbocycles. The molecule has 0 aromatic heterocycles. The number of allylic oxidation sites excluding steroid dienone is 1. The van der Waals surface area contributed by atoms with Crippen LogP contribution in [-0.4, -0.2) is 17.6 Å². The van der Waals surface area contributed by atoms with Gasteiger partial charge in [0.15, 0.2) is 0 Å². The summed E-state index contributed by atoms with van der Waals surface area (Å²) in [4.78, 5) is 10.9. The summed E-state index contributed by atoms with van der Waals surface area (Å²) < 4.78 is 37.8. The fourth-order valence-corrected chi connectivity index (χ4v) is 1.54. The SMILES string of the molecule is C/C=C/CCNc1ccc(C(F)(F)F)c(C(=O)O)c1. The Bertz CT molecular complexity index is 481. The third kappa shape index (κ3) is 4.31. The van der Waals surface area contributed by atoms with E-state index in [1.165, 1.54) is 6.07 Å². The predicted octanol–water partition coefficient (Wildman–Crippen LogP) is 3.78. The summed E-state index contributed by atoms with van der Waals surface area (Å²) >= 11 is 0. The molecular weight excluding hydrogens is 259 g/mol. The Kier molecular flexibility index (Phi) is 4.97. The second-order valence-electron chi connectivity index (χ2n) is 3.85. The van der Waals surface area contributed by atoms with Crippen LogP contribution in [0, 0.1) is 0 Å². The molecule has 0 aliphatic heterocycles. The van der Waals surface area contributed by atoms with E-state index in [1.807, 2.05) is 19.1 Å². The van der Waals surface area contributed by atoms with Crippen LogP contribution < -0.4 is 5.32 Å². The molecule has 19 heavy (non-hydrogen) atoms. The summed E-state index contributed by atoms with van der Waals surface area (Å²) in [5, 5.41) is 11.7. The van der Waals surface area contributed by atoms with Crippen molar-refractivity contribution in [1.29, 1.82) is 0 Å². The highest BCUT2D eigenvalue weighted by molar-refractivity contribution is 5.91. The Morgan fingerprint density at radius 3 is 2.63 bits per heavy atom. The van der Waals surface area contributed by atoms with Crippen molar-refractivity contribution < 1.29 is 23.1 Å². The number of carboxylic acids is 1. The zero-order chi connectivity index (χ0) is 14.5. The second kappa shape index (κ2) is 6.26. The molecule has 3 nitrogen and oxygen atoms in total. The molecule has 0 bridgehead atoms. The highest BCUT2D eigenvalue weighted by Crippen LogP contribution is 2.33. The van der Waals surface area contributed by atoms with Crippen LogP contribution in [0.1, 0.15) is 29.3 Å². The second-order valence-corrected chi connectivity index (χ2v) is 3.85. The predicted molar refractivity (Wildman–Crippen MR) is 66.3 cm³/mol. The summed E-state index contributed by atoms with van der Waals surface area (Å²) in [6, 6.07) is 3.01. The molecular formula is C13H14F3NO2. The third-order valence-corrected chi connectivity index (χ3v) is 2.43. The van der Waals surface area contributed by atoms with E-state index in [9.17, 15) is 18.0 Å². The van der Waals surface area contributed by atoms with Crippen LogP contribution in [0.15, 0.2) is 30.4 Å². The van der Waals surface area contributed by atoms with Gasteiger partial charge in [-0.2, -0.15) is 13.2 Å². The van der Waals surface area contributed by atoms with Gasteiger partial charge in [0, 0.05) is 12.2 Å². The minimum atomic E-state index is -4.67. The Morgan fingerprint density at radius 1 is 1.42 bits per heavy atom. The number of hydrogen-bond acceptors (Lipinski definition) is 2. The maximum absolute atomic E-state index is 12.6. The summed E-state index contributed by atoms with van der Waals surface area (Å²) in [5.41, 5.74) is -1.53. The molecule has 0 fully saturated rings. The fraction of sp³-hybridized carbons (Fsp3) is 0.308. The van der Waals surface area contributed by atoms with Crippen LogP contribution in [0.2, 0.25) is 0 Å². The molecule has 6 heteroatoms. The van der Waals surface area contributed by atoms with E-state index < -0.39 is 23.3 Å². The largest absolute Gasteiger partial charge is 0.478 e. The molecule has 0 spiro atoms. The van der Waals surface area contributed by atoms with Crippen molar-refractivity contribution >= 4 is 11.7 Å². The van der Waals surface area contributed by atoms with Gasteiger partial charge in [-0.25, -0.2) is 4.79 Å². The van der Waals surface area contributed by atoms with Crippen molar-refractivity contribution in [3.63, 3.8) is 0 Å². The van der Waals surface area contributed by atoms with Crippen LogP contribution in [0.4, 0.5) is 18.9 Å². The number of alkyl halides is 3. The number of rotatable bonds is 5. The van der Waals surface area contributed by atoms with Crippen molar-refractivity contribution in [2.75, 3.05) is 11.9 Å². The van der Waals surface area contributed by atoms with E-state index in [0.717, 1.165) is 12.1 Å². The number of hydrogen-bond donors (Lipinski definition) is 2. The minimum Gasteiger partial charge on any atom is -0.478 e. The molecule has 0 saturated carbocycles. The number of benzene rings is 1. The van der Waals surface area contributed by atoms with E-state index in [0.29, 0.717) is 18.7 Å². The van der Waals surface area contributed by atoms with Gasteiger partial charge in [-0.15, -0.1) is 0 Å². The lowest BCUT2D eigenvalue weighted by molar-refractivity contribution is -0.138. The molecule has 104 valence electrons. The Labute approximate surface area is 108 Å². The summed E-state index contributed by atoms with van der Waals surface area (Å²) in [6.45, 7) is 2.38. The quantitative estimate of drug-likeness (QED) is 0.634. The molecule has 0 aliphatic carbocycles. The first kappa shape index (κ1) is 15.1.